The molecule has 30 heavy (non-hydrogen) atoms. The molecule has 0 atom stereocenters. The van der Waals surface area contributed by atoms with E-state index in [9.17, 15) is 9.90 Å². The second-order valence-electron chi connectivity index (χ2n) is 8.45. The Morgan fingerprint density at radius 1 is 1.13 bits per heavy atom. The van der Waals surface area contributed by atoms with Crippen LogP contribution in [-0.2, 0) is 42.6 Å². The summed E-state index contributed by atoms with van der Waals surface area (Å²) in [6.07, 6.45) is 4.44. The van der Waals surface area contributed by atoms with Gasteiger partial charge in [-0.3, -0.25) is 4.79 Å². The van der Waals surface area contributed by atoms with Gasteiger partial charge in [-0.05, 0) is 49.3 Å². The number of unbranched alkanes of at least 4 members (excludes halogenated alkanes) is 1. The van der Waals surface area contributed by atoms with Crippen LogP contribution in [0.1, 0.15) is 62.0 Å². The number of aliphatic hydroxyl groups is 1. The molecule has 1 aromatic heterocycles. The molecule has 2 N–H and O–H groups in total. The van der Waals surface area contributed by atoms with Crippen molar-refractivity contribution in [1.82, 2.24) is 14.9 Å². The quantitative estimate of drug-likeness (QED) is 0.624. The SMILES string of the molecule is CCc1cccc2c1C1(CNC1)C(=O)N2Cc1nc(CC)c(CC)n1CCCCO. The van der Waals surface area contributed by atoms with Crippen LogP contribution in [0.25, 0.3) is 0 Å². The van der Waals surface area contributed by atoms with Gasteiger partial charge in [0.1, 0.15) is 11.2 Å². The van der Waals surface area contributed by atoms with Crippen LogP contribution in [0.3, 0.4) is 0 Å². The van der Waals surface area contributed by atoms with E-state index in [1.807, 2.05) is 4.90 Å². The normalized spacial score (nSPS) is 16.9. The van der Waals surface area contributed by atoms with E-state index >= 15 is 0 Å². The van der Waals surface area contributed by atoms with Crippen LogP contribution in [0.2, 0.25) is 0 Å². The molecule has 0 aliphatic carbocycles. The molecule has 1 spiro atoms. The Hall–Kier alpha value is -2.18. The van der Waals surface area contributed by atoms with Gasteiger partial charge in [-0.2, -0.15) is 0 Å². The van der Waals surface area contributed by atoms with Gasteiger partial charge in [0.2, 0.25) is 5.91 Å². The molecular formula is C24H34N4O2. The molecule has 1 fully saturated rings. The van der Waals surface area contributed by atoms with Crippen molar-refractivity contribution in [2.75, 3.05) is 24.6 Å². The van der Waals surface area contributed by atoms with E-state index in [1.165, 1.54) is 16.8 Å². The standard InChI is InChI=1S/C24H34N4O2/c1-4-17-10-9-11-20-22(17)24(15-25-16-24)23(30)28(20)14-21-26-18(5-2)19(6-3)27(21)12-7-8-13-29/h9-11,25,29H,4-8,12-16H2,1-3H3. The van der Waals surface area contributed by atoms with E-state index in [1.54, 1.807) is 0 Å². The fourth-order valence-electron chi connectivity index (χ4n) is 5.17. The molecule has 2 aliphatic heterocycles. The number of nitrogens with zero attached hydrogens (tertiary/aromatic N) is 3. The lowest BCUT2D eigenvalue weighted by Gasteiger charge is -2.38. The number of anilines is 1. The largest absolute Gasteiger partial charge is 0.396 e. The molecule has 2 aromatic rings. The molecule has 1 aromatic carbocycles. The lowest BCUT2D eigenvalue weighted by molar-refractivity contribution is -0.125. The summed E-state index contributed by atoms with van der Waals surface area (Å²) in [5, 5.41) is 12.6. The minimum absolute atomic E-state index is 0.207. The van der Waals surface area contributed by atoms with Gasteiger partial charge >= 0.3 is 0 Å². The van der Waals surface area contributed by atoms with Gasteiger partial charge < -0.3 is 19.9 Å². The number of carbonyl (C=O) groups is 1. The number of imidazole rings is 1. The Morgan fingerprint density at radius 2 is 1.93 bits per heavy atom. The van der Waals surface area contributed by atoms with E-state index in [4.69, 9.17) is 4.98 Å². The summed E-state index contributed by atoms with van der Waals surface area (Å²) < 4.78 is 2.30. The maximum atomic E-state index is 13.7. The van der Waals surface area contributed by atoms with Crippen LogP contribution >= 0.6 is 0 Å². The summed E-state index contributed by atoms with van der Waals surface area (Å²) in [4.78, 5) is 20.6. The van der Waals surface area contributed by atoms with Gasteiger partial charge in [0.05, 0.1) is 12.2 Å². The third-order valence-corrected chi connectivity index (χ3v) is 6.78. The molecule has 1 amide bonds. The first-order valence-electron chi connectivity index (χ1n) is 11.4. The Labute approximate surface area is 179 Å². The number of amides is 1. The number of fused-ring (bicyclic) bond motifs is 2. The zero-order chi connectivity index (χ0) is 21.3. The zero-order valence-electron chi connectivity index (χ0n) is 18.5. The Morgan fingerprint density at radius 3 is 2.53 bits per heavy atom. The predicted molar refractivity (Wildman–Crippen MR) is 119 cm³/mol. The van der Waals surface area contributed by atoms with E-state index in [-0.39, 0.29) is 12.5 Å². The van der Waals surface area contributed by atoms with Crippen molar-refractivity contribution in [3.63, 3.8) is 0 Å². The highest BCUT2D eigenvalue weighted by molar-refractivity contribution is 6.09. The van der Waals surface area contributed by atoms with Crippen molar-refractivity contribution >= 4 is 11.6 Å². The van der Waals surface area contributed by atoms with Gasteiger partial charge in [0.25, 0.3) is 0 Å². The number of benzene rings is 1. The minimum atomic E-state index is -0.405. The molecule has 0 saturated carbocycles. The minimum Gasteiger partial charge on any atom is -0.396 e. The van der Waals surface area contributed by atoms with E-state index in [0.717, 1.165) is 68.9 Å². The summed E-state index contributed by atoms with van der Waals surface area (Å²) in [7, 11) is 0. The summed E-state index contributed by atoms with van der Waals surface area (Å²) in [6, 6.07) is 6.33. The van der Waals surface area contributed by atoms with Gasteiger partial charge in [-0.25, -0.2) is 4.98 Å². The average Bonchev–Trinajstić information content (AvgIpc) is 3.20. The first-order valence-corrected chi connectivity index (χ1v) is 11.4. The molecule has 2 aliphatic rings. The molecule has 0 radical (unpaired) electrons. The van der Waals surface area contributed by atoms with E-state index < -0.39 is 5.41 Å². The van der Waals surface area contributed by atoms with Crippen molar-refractivity contribution in [2.24, 2.45) is 0 Å². The van der Waals surface area contributed by atoms with Crippen molar-refractivity contribution in [3.8, 4) is 0 Å². The summed E-state index contributed by atoms with van der Waals surface area (Å²) in [5.74, 6) is 1.17. The number of carbonyl (C=O) groups excluding carboxylic acids is 1. The zero-order valence-corrected chi connectivity index (χ0v) is 18.5. The highest BCUT2D eigenvalue weighted by Crippen LogP contribution is 2.46. The van der Waals surface area contributed by atoms with Crippen LogP contribution in [-0.4, -0.2) is 40.3 Å². The number of rotatable bonds is 9. The van der Waals surface area contributed by atoms with Crippen molar-refractivity contribution < 1.29 is 9.90 Å². The number of aryl methyl sites for hydroxylation is 2. The summed E-state index contributed by atoms with van der Waals surface area (Å²) >= 11 is 0. The number of aliphatic hydroxyl groups excluding tert-OH is 1. The molecule has 3 heterocycles. The molecule has 1 saturated heterocycles. The van der Waals surface area contributed by atoms with Crippen LogP contribution in [0.15, 0.2) is 18.2 Å². The van der Waals surface area contributed by atoms with Crippen LogP contribution in [0.4, 0.5) is 5.69 Å². The second kappa shape index (κ2) is 8.52. The number of nitrogens with one attached hydrogen (secondary N) is 1. The number of hydrogen-bond acceptors (Lipinski definition) is 4. The fourth-order valence-corrected chi connectivity index (χ4v) is 5.17. The summed E-state index contributed by atoms with van der Waals surface area (Å²) in [6.45, 7) is 9.46. The molecular weight excluding hydrogens is 376 g/mol. The predicted octanol–water partition coefficient (Wildman–Crippen LogP) is 2.73. The highest BCUT2D eigenvalue weighted by atomic mass is 16.3. The lowest BCUT2D eigenvalue weighted by Crippen LogP contribution is -2.62. The van der Waals surface area contributed by atoms with Crippen molar-refractivity contribution in [1.29, 1.82) is 0 Å². The molecule has 4 rings (SSSR count). The number of aromatic nitrogens is 2. The Bertz CT molecular complexity index is 930. The van der Waals surface area contributed by atoms with Crippen molar-refractivity contribution in [3.05, 3.63) is 46.5 Å². The van der Waals surface area contributed by atoms with E-state index in [0.29, 0.717) is 6.54 Å². The summed E-state index contributed by atoms with van der Waals surface area (Å²) in [5.41, 5.74) is 5.55. The van der Waals surface area contributed by atoms with Gasteiger partial charge in [-0.1, -0.05) is 32.9 Å². The molecule has 162 valence electrons. The van der Waals surface area contributed by atoms with Crippen molar-refractivity contribution in [2.45, 2.75) is 71.4 Å². The van der Waals surface area contributed by atoms with Crippen LogP contribution < -0.4 is 10.2 Å². The highest BCUT2D eigenvalue weighted by Gasteiger charge is 2.55. The first-order chi connectivity index (χ1) is 14.6. The maximum absolute atomic E-state index is 13.7. The van der Waals surface area contributed by atoms with E-state index in [2.05, 4.69) is 48.9 Å². The third kappa shape index (κ3) is 3.17. The fraction of sp³-hybridized carbons (Fsp3) is 0.583. The smallest absolute Gasteiger partial charge is 0.240 e. The molecule has 6 nitrogen and oxygen atoms in total. The molecule has 0 unspecified atom stereocenters. The topological polar surface area (TPSA) is 70.4 Å². The second-order valence-corrected chi connectivity index (χ2v) is 8.45. The van der Waals surface area contributed by atoms with Gasteiger partial charge in [-0.15, -0.1) is 0 Å². The average molecular weight is 411 g/mol. The van der Waals surface area contributed by atoms with Gasteiger partial charge in [0, 0.05) is 37.6 Å². The Kier molecular flexibility index (Phi) is 5.98. The van der Waals surface area contributed by atoms with Crippen LogP contribution in [0.5, 0.6) is 0 Å². The first kappa shape index (κ1) is 21.1. The lowest BCUT2D eigenvalue weighted by atomic mass is 9.74. The molecule has 0 bridgehead atoms. The monoisotopic (exact) mass is 410 g/mol. The third-order valence-electron chi connectivity index (χ3n) is 6.78. The van der Waals surface area contributed by atoms with Crippen LogP contribution in [0, 0.1) is 0 Å². The molecule has 6 heteroatoms. The number of hydrogen-bond donors (Lipinski definition) is 2. The van der Waals surface area contributed by atoms with Gasteiger partial charge in [0.15, 0.2) is 0 Å². The maximum Gasteiger partial charge on any atom is 0.240 e. The Balaban J connectivity index is 1.73.